The molecule has 0 heterocycles. The van der Waals surface area contributed by atoms with Gasteiger partial charge in [-0.05, 0) is 56.5 Å². The largest absolute Gasteiger partial charge is 0.320 e. The van der Waals surface area contributed by atoms with E-state index in [1.54, 1.807) is 0 Å². The molecule has 0 fully saturated rings. The van der Waals surface area contributed by atoms with E-state index in [0.29, 0.717) is 0 Å². The van der Waals surface area contributed by atoms with Gasteiger partial charge in [0.2, 0.25) is 0 Å². The van der Waals surface area contributed by atoms with Crippen LogP contribution < -0.4 is 5.32 Å². The molecule has 1 nitrogen and oxygen atoms in total. The summed E-state index contributed by atoms with van der Waals surface area (Å²) in [4.78, 5) is 0. The second kappa shape index (κ2) is 6.62. The van der Waals surface area contributed by atoms with Gasteiger partial charge < -0.3 is 5.32 Å². The van der Waals surface area contributed by atoms with E-state index < -0.39 is 0 Å². The van der Waals surface area contributed by atoms with Gasteiger partial charge in [-0.15, -0.1) is 0 Å². The molecule has 1 aromatic rings. The summed E-state index contributed by atoms with van der Waals surface area (Å²) in [5, 5.41) is 3.19. The van der Waals surface area contributed by atoms with Crippen LogP contribution >= 0.6 is 0 Å². The SMILES string of the molecule is CCCc1ccc(CCCNC)c(C)c1. The summed E-state index contributed by atoms with van der Waals surface area (Å²) in [5.74, 6) is 0. The number of aryl methyl sites for hydroxylation is 3. The molecule has 0 aliphatic heterocycles. The van der Waals surface area contributed by atoms with E-state index in [1.807, 2.05) is 7.05 Å². The van der Waals surface area contributed by atoms with E-state index in [2.05, 4.69) is 37.4 Å². The van der Waals surface area contributed by atoms with Crippen LogP contribution in [0.3, 0.4) is 0 Å². The van der Waals surface area contributed by atoms with E-state index >= 15 is 0 Å². The van der Waals surface area contributed by atoms with Crippen LogP contribution in [-0.4, -0.2) is 13.6 Å². The van der Waals surface area contributed by atoms with Gasteiger partial charge in [-0.3, -0.25) is 0 Å². The van der Waals surface area contributed by atoms with Crippen LogP contribution in [-0.2, 0) is 12.8 Å². The van der Waals surface area contributed by atoms with Crippen LogP contribution in [0.1, 0.15) is 36.5 Å². The van der Waals surface area contributed by atoms with Gasteiger partial charge in [0.05, 0.1) is 0 Å². The summed E-state index contributed by atoms with van der Waals surface area (Å²) in [7, 11) is 2.01. The van der Waals surface area contributed by atoms with Crippen LogP contribution in [0.5, 0.6) is 0 Å². The van der Waals surface area contributed by atoms with Crippen molar-refractivity contribution < 1.29 is 0 Å². The summed E-state index contributed by atoms with van der Waals surface area (Å²) in [6, 6.07) is 6.93. The predicted octanol–water partition coefficient (Wildman–Crippen LogP) is 3.10. The van der Waals surface area contributed by atoms with Crippen molar-refractivity contribution in [3.63, 3.8) is 0 Å². The minimum absolute atomic E-state index is 1.11. The van der Waals surface area contributed by atoms with Gasteiger partial charge in [0.15, 0.2) is 0 Å². The Labute approximate surface area is 93.9 Å². The molecule has 15 heavy (non-hydrogen) atoms. The van der Waals surface area contributed by atoms with Gasteiger partial charge in [0.1, 0.15) is 0 Å². The van der Waals surface area contributed by atoms with Crippen molar-refractivity contribution in [1.82, 2.24) is 5.32 Å². The van der Waals surface area contributed by atoms with Gasteiger partial charge in [0, 0.05) is 0 Å². The molecule has 0 saturated heterocycles. The fraction of sp³-hybridized carbons (Fsp3) is 0.571. The third-order valence-corrected chi connectivity index (χ3v) is 2.82. The Hall–Kier alpha value is -0.820. The molecule has 0 atom stereocenters. The van der Waals surface area contributed by atoms with Crippen molar-refractivity contribution in [3.8, 4) is 0 Å². The maximum Gasteiger partial charge on any atom is -0.00488 e. The smallest absolute Gasteiger partial charge is 0.00488 e. The van der Waals surface area contributed by atoms with Crippen molar-refractivity contribution in [3.05, 3.63) is 34.9 Å². The average Bonchev–Trinajstić information content (AvgIpc) is 2.22. The maximum absolute atomic E-state index is 3.19. The molecule has 0 aromatic heterocycles. The molecule has 0 spiro atoms. The summed E-state index contributed by atoms with van der Waals surface area (Å²) in [5.41, 5.74) is 4.44. The number of hydrogen-bond acceptors (Lipinski definition) is 1. The normalized spacial score (nSPS) is 10.6. The molecular formula is C14H23N. The Morgan fingerprint density at radius 3 is 2.60 bits per heavy atom. The minimum Gasteiger partial charge on any atom is -0.320 e. The van der Waals surface area contributed by atoms with Crippen molar-refractivity contribution in [2.75, 3.05) is 13.6 Å². The van der Waals surface area contributed by atoms with E-state index in [0.717, 1.165) is 6.54 Å². The lowest BCUT2D eigenvalue weighted by atomic mass is 9.99. The van der Waals surface area contributed by atoms with Crippen LogP contribution in [0.4, 0.5) is 0 Å². The topological polar surface area (TPSA) is 12.0 Å². The van der Waals surface area contributed by atoms with Crippen molar-refractivity contribution in [1.29, 1.82) is 0 Å². The molecule has 1 rings (SSSR count). The van der Waals surface area contributed by atoms with Crippen molar-refractivity contribution >= 4 is 0 Å². The molecule has 0 radical (unpaired) electrons. The molecule has 0 bridgehead atoms. The summed E-state index contributed by atoms with van der Waals surface area (Å²) >= 11 is 0. The quantitative estimate of drug-likeness (QED) is 0.704. The van der Waals surface area contributed by atoms with Gasteiger partial charge in [0.25, 0.3) is 0 Å². The van der Waals surface area contributed by atoms with Gasteiger partial charge in [-0.2, -0.15) is 0 Å². The number of benzene rings is 1. The molecule has 0 unspecified atom stereocenters. The van der Waals surface area contributed by atoms with Crippen LogP contribution in [0, 0.1) is 6.92 Å². The first-order chi connectivity index (χ1) is 7.27. The standard InChI is InChI=1S/C14H23N/c1-4-6-13-8-9-14(12(2)11-13)7-5-10-15-3/h8-9,11,15H,4-7,10H2,1-3H3. The van der Waals surface area contributed by atoms with Gasteiger partial charge >= 0.3 is 0 Å². The van der Waals surface area contributed by atoms with Crippen LogP contribution in [0.2, 0.25) is 0 Å². The van der Waals surface area contributed by atoms with Crippen LogP contribution in [0.25, 0.3) is 0 Å². The highest BCUT2D eigenvalue weighted by molar-refractivity contribution is 5.31. The Morgan fingerprint density at radius 2 is 2.00 bits per heavy atom. The predicted molar refractivity (Wildman–Crippen MR) is 67.4 cm³/mol. The number of rotatable bonds is 6. The van der Waals surface area contributed by atoms with E-state index in [9.17, 15) is 0 Å². The van der Waals surface area contributed by atoms with Crippen molar-refractivity contribution in [2.45, 2.75) is 39.5 Å². The highest BCUT2D eigenvalue weighted by atomic mass is 14.8. The first kappa shape index (κ1) is 12.3. The number of nitrogens with one attached hydrogen (secondary N) is 1. The zero-order valence-electron chi connectivity index (χ0n) is 10.3. The van der Waals surface area contributed by atoms with E-state index in [1.165, 1.54) is 42.4 Å². The second-order valence-electron chi connectivity index (χ2n) is 4.22. The number of hydrogen-bond donors (Lipinski definition) is 1. The molecule has 1 heteroatoms. The zero-order chi connectivity index (χ0) is 11.1. The Morgan fingerprint density at radius 1 is 1.20 bits per heavy atom. The van der Waals surface area contributed by atoms with Crippen molar-refractivity contribution in [2.24, 2.45) is 0 Å². The minimum atomic E-state index is 1.11. The van der Waals surface area contributed by atoms with Gasteiger partial charge in [-0.25, -0.2) is 0 Å². The summed E-state index contributed by atoms with van der Waals surface area (Å²) in [6.07, 6.45) is 4.86. The first-order valence-electron chi connectivity index (χ1n) is 6.01. The first-order valence-corrected chi connectivity index (χ1v) is 6.01. The van der Waals surface area contributed by atoms with Crippen LogP contribution in [0.15, 0.2) is 18.2 Å². The highest BCUT2D eigenvalue weighted by Crippen LogP contribution is 2.14. The summed E-state index contributed by atoms with van der Waals surface area (Å²) < 4.78 is 0. The average molecular weight is 205 g/mol. The molecule has 0 saturated carbocycles. The van der Waals surface area contributed by atoms with E-state index in [4.69, 9.17) is 0 Å². The Bertz CT molecular complexity index is 291. The Balaban J connectivity index is 2.58. The lowest BCUT2D eigenvalue weighted by molar-refractivity contribution is 0.722. The maximum atomic E-state index is 3.19. The molecule has 1 N–H and O–H groups in total. The summed E-state index contributed by atoms with van der Waals surface area (Å²) in [6.45, 7) is 5.57. The monoisotopic (exact) mass is 205 g/mol. The third kappa shape index (κ3) is 4.05. The van der Waals surface area contributed by atoms with E-state index in [-0.39, 0.29) is 0 Å². The fourth-order valence-corrected chi connectivity index (χ4v) is 1.94. The lowest BCUT2D eigenvalue weighted by Gasteiger charge is -2.08. The van der Waals surface area contributed by atoms with Gasteiger partial charge in [-0.1, -0.05) is 31.5 Å². The fourth-order valence-electron chi connectivity index (χ4n) is 1.94. The molecule has 0 aliphatic rings. The lowest BCUT2D eigenvalue weighted by Crippen LogP contribution is -2.08. The molecule has 0 aliphatic carbocycles. The third-order valence-electron chi connectivity index (χ3n) is 2.82. The zero-order valence-corrected chi connectivity index (χ0v) is 10.3. The molecular weight excluding hydrogens is 182 g/mol. The Kier molecular flexibility index (Phi) is 5.41. The second-order valence-corrected chi connectivity index (χ2v) is 4.22. The highest BCUT2D eigenvalue weighted by Gasteiger charge is 1.99. The molecule has 1 aromatic carbocycles. The molecule has 0 amide bonds. The molecule has 84 valence electrons.